The first-order valence-electron chi connectivity index (χ1n) is 6.61. The first-order chi connectivity index (χ1) is 9.63. The van der Waals surface area contributed by atoms with Gasteiger partial charge < -0.3 is 20.3 Å². The molecule has 7 heteroatoms. The average molecular weight is 281 g/mol. The minimum atomic E-state index is -0.214. The Kier molecular flexibility index (Phi) is 7.52. The van der Waals surface area contributed by atoms with Gasteiger partial charge in [-0.1, -0.05) is 0 Å². The molecule has 1 aromatic heterocycles. The first kappa shape index (κ1) is 16.3. The van der Waals surface area contributed by atoms with Gasteiger partial charge in [-0.3, -0.25) is 4.79 Å². The number of hydrogen-bond acceptors (Lipinski definition) is 6. The molecule has 0 atom stereocenters. The molecule has 0 saturated carbocycles. The molecule has 0 aliphatic heterocycles. The predicted octanol–water partition coefficient (Wildman–Crippen LogP) is 0.216. The Bertz CT molecular complexity index is 394. The summed E-state index contributed by atoms with van der Waals surface area (Å²) < 4.78 is 4.91. The quantitative estimate of drug-likeness (QED) is 0.630. The Morgan fingerprint density at radius 3 is 2.70 bits per heavy atom. The Balaban J connectivity index is 2.35. The van der Waals surface area contributed by atoms with Gasteiger partial charge in [0.1, 0.15) is 11.5 Å². The summed E-state index contributed by atoms with van der Waals surface area (Å²) >= 11 is 0. The van der Waals surface area contributed by atoms with Crippen molar-refractivity contribution in [3.8, 4) is 0 Å². The Morgan fingerprint density at radius 1 is 1.30 bits per heavy atom. The minimum Gasteiger partial charge on any atom is -0.385 e. The molecule has 1 heterocycles. The van der Waals surface area contributed by atoms with Gasteiger partial charge in [-0.05, 0) is 20.5 Å². The lowest BCUT2D eigenvalue weighted by Crippen LogP contribution is -2.26. The second-order valence-corrected chi connectivity index (χ2v) is 4.62. The van der Waals surface area contributed by atoms with E-state index in [1.165, 1.54) is 6.20 Å². The number of ether oxygens (including phenoxy) is 1. The molecule has 0 aliphatic rings. The molecule has 0 fully saturated rings. The van der Waals surface area contributed by atoms with E-state index in [4.69, 9.17) is 4.74 Å². The molecule has 0 saturated heterocycles. The maximum atomic E-state index is 11.7. The molecule has 7 nitrogen and oxygen atoms in total. The van der Waals surface area contributed by atoms with E-state index in [9.17, 15) is 4.79 Å². The molecule has 1 amide bonds. The van der Waals surface area contributed by atoms with Crippen LogP contribution in [0.3, 0.4) is 0 Å². The van der Waals surface area contributed by atoms with Crippen LogP contribution in [0.25, 0.3) is 0 Å². The summed E-state index contributed by atoms with van der Waals surface area (Å²) in [6.45, 7) is 2.88. The fourth-order valence-electron chi connectivity index (χ4n) is 1.45. The van der Waals surface area contributed by atoms with Crippen LogP contribution in [0.1, 0.15) is 16.9 Å². The van der Waals surface area contributed by atoms with E-state index in [0.717, 1.165) is 19.5 Å². The van der Waals surface area contributed by atoms with Crippen LogP contribution in [0.15, 0.2) is 12.4 Å². The highest BCUT2D eigenvalue weighted by Gasteiger charge is 2.07. The molecule has 1 rings (SSSR count). The van der Waals surface area contributed by atoms with E-state index < -0.39 is 0 Å². The lowest BCUT2D eigenvalue weighted by molar-refractivity contribution is 0.0943. The van der Waals surface area contributed by atoms with Gasteiger partial charge in [0.05, 0.1) is 12.4 Å². The Labute approximate surface area is 119 Å². The molecule has 112 valence electrons. The molecule has 0 aromatic carbocycles. The third-order valence-corrected chi connectivity index (χ3v) is 2.56. The molecular formula is C13H23N5O2. The van der Waals surface area contributed by atoms with Crippen molar-refractivity contribution >= 4 is 11.7 Å². The fraction of sp³-hybridized carbons (Fsp3) is 0.615. The maximum Gasteiger partial charge on any atom is 0.271 e. The fourth-order valence-corrected chi connectivity index (χ4v) is 1.45. The molecule has 2 N–H and O–H groups in total. The van der Waals surface area contributed by atoms with E-state index in [2.05, 4.69) is 25.5 Å². The topological polar surface area (TPSA) is 79.4 Å². The largest absolute Gasteiger partial charge is 0.385 e. The van der Waals surface area contributed by atoms with Crippen LogP contribution in [0.2, 0.25) is 0 Å². The lowest BCUT2D eigenvalue weighted by atomic mass is 10.4. The van der Waals surface area contributed by atoms with Gasteiger partial charge in [-0.2, -0.15) is 0 Å². The highest BCUT2D eigenvalue weighted by Crippen LogP contribution is 2.00. The molecule has 0 bridgehead atoms. The van der Waals surface area contributed by atoms with Crippen molar-refractivity contribution in [1.82, 2.24) is 20.2 Å². The molecule has 0 aliphatic carbocycles. The molecule has 0 spiro atoms. The summed E-state index contributed by atoms with van der Waals surface area (Å²) in [5.41, 5.74) is 0.320. The van der Waals surface area contributed by atoms with Crippen molar-refractivity contribution in [2.24, 2.45) is 0 Å². The first-order valence-corrected chi connectivity index (χ1v) is 6.61. The highest BCUT2D eigenvalue weighted by atomic mass is 16.5. The summed E-state index contributed by atoms with van der Waals surface area (Å²) in [7, 11) is 5.64. The lowest BCUT2D eigenvalue weighted by Gasteiger charge is -2.10. The summed E-state index contributed by atoms with van der Waals surface area (Å²) in [6.07, 6.45) is 3.82. The van der Waals surface area contributed by atoms with E-state index in [-0.39, 0.29) is 5.91 Å². The number of hydrogen-bond donors (Lipinski definition) is 2. The second kappa shape index (κ2) is 9.22. The number of carbonyl (C=O) groups is 1. The Morgan fingerprint density at radius 2 is 2.10 bits per heavy atom. The van der Waals surface area contributed by atoms with Gasteiger partial charge in [-0.25, -0.2) is 9.97 Å². The number of methoxy groups -OCH3 is 1. The van der Waals surface area contributed by atoms with Gasteiger partial charge >= 0.3 is 0 Å². The van der Waals surface area contributed by atoms with E-state index in [1.807, 2.05) is 14.1 Å². The SMILES string of the molecule is COCCCNC(=O)c1cnc(NCCN(C)C)cn1. The van der Waals surface area contributed by atoms with Crippen molar-refractivity contribution in [3.63, 3.8) is 0 Å². The zero-order valence-electron chi connectivity index (χ0n) is 12.3. The number of aromatic nitrogens is 2. The van der Waals surface area contributed by atoms with Crippen molar-refractivity contribution in [1.29, 1.82) is 0 Å². The maximum absolute atomic E-state index is 11.7. The summed E-state index contributed by atoms with van der Waals surface area (Å²) in [4.78, 5) is 22.1. The van der Waals surface area contributed by atoms with Gasteiger partial charge in [0.15, 0.2) is 0 Å². The van der Waals surface area contributed by atoms with Gasteiger partial charge in [0, 0.05) is 33.4 Å². The van der Waals surface area contributed by atoms with Crippen LogP contribution in [-0.2, 0) is 4.74 Å². The molecular weight excluding hydrogens is 258 g/mol. The predicted molar refractivity (Wildman–Crippen MR) is 77.9 cm³/mol. The van der Waals surface area contributed by atoms with Crippen LogP contribution < -0.4 is 10.6 Å². The third-order valence-electron chi connectivity index (χ3n) is 2.56. The van der Waals surface area contributed by atoms with Gasteiger partial charge in [0.25, 0.3) is 5.91 Å². The van der Waals surface area contributed by atoms with Crippen LogP contribution in [0, 0.1) is 0 Å². The number of rotatable bonds is 9. The van der Waals surface area contributed by atoms with E-state index >= 15 is 0 Å². The zero-order valence-corrected chi connectivity index (χ0v) is 12.3. The molecule has 20 heavy (non-hydrogen) atoms. The number of likely N-dealkylation sites (N-methyl/N-ethyl adjacent to an activating group) is 1. The summed E-state index contributed by atoms with van der Waals surface area (Å²) in [5.74, 6) is 0.455. The second-order valence-electron chi connectivity index (χ2n) is 4.62. The number of nitrogens with zero attached hydrogens (tertiary/aromatic N) is 3. The van der Waals surface area contributed by atoms with Crippen LogP contribution in [-0.4, -0.2) is 68.2 Å². The van der Waals surface area contributed by atoms with Crippen molar-refractivity contribution in [3.05, 3.63) is 18.1 Å². The third kappa shape index (κ3) is 6.44. The molecule has 0 unspecified atom stereocenters. The molecule has 1 aromatic rings. The van der Waals surface area contributed by atoms with Crippen LogP contribution in [0.5, 0.6) is 0 Å². The minimum absolute atomic E-state index is 0.214. The highest BCUT2D eigenvalue weighted by molar-refractivity contribution is 5.91. The van der Waals surface area contributed by atoms with Crippen molar-refractivity contribution in [2.75, 3.05) is 52.8 Å². The van der Waals surface area contributed by atoms with Crippen molar-refractivity contribution < 1.29 is 9.53 Å². The number of amides is 1. The van der Waals surface area contributed by atoms with Crippen LogP contribution >= 0.6 is 0 Å². The number of nitrogens with one attached hydrogen (secondary N) is 2. The normalized spacial score (nSPS) is 10.6. The van der Waals surface area contributed by atoms with Gasteiger partial charge in [-0.15, -0.1) is 0 Å². The van der Waals surface area contributed by atoms with Crippen molar-refractivity contribution in [2.45, 2.75) is 6.42 Å². The average Bonchev–Trinajstić information content (AvgIpc) is 2.44. The molecule has 0 radical (unpaired) electrons. The number of anilines is 1. The standard InChI is InChI=1S/C13H23N5O2/c1-18(2)7-6-14-12-10-16-11(9-17-12)13(19)15-5-4-8-20-3/h9-10H,4-8H2,1-3H3,(H,14,17)(H,15,19). The smallest absolute Gasteiger partial charge is 0.271 e. The monoisotopic (exact) mass is 281 g/mol. The summed E-state index contributed by atoms with van der Waals surface area (Å²) in [5, 5.41) is 5.90. The van der Waals surface area contributed by atoms with E-state index in [1.54, 1.807) is 13.3 Å². The summed E-state index contributed by atoms with van der Waals surface area (Å²) in [6, 6.07) is 0. The van der Waals surface area contributed by atoms with Crippen LogP contribution in [0.4, 0.5) is 5.82 Å². The van der Waals surface area contributed by atoms with E-state index in [0.29, 0.717) is 24.7 Å². The van der Waals surface area contributed by atoms with Gasteiger partial charge in [0.2, 0.25) is 0 Å². The zero-order chi connectivity index (χ0) is 14.8. The number of carbonyl (C=O) groups excluding carboxylic acids is 1. The Hall–Kier alpha value is -1.73.